The summed E-state index contributed by atoms with van der Waals surface area (Å²) in [6, 6.07) is -1.02. The number of carboxylic acid groups (broad SMARTS) is 1. The third kappa shape index (κ3) is 4.23. The van der Waals surface area contributed by atoms with E-state index in [4.69, 9.17) is 39.9 Å². The second-order valence-electron chi connectivity index (χ2n) is 4.58. The number of hydrogen-bond donors (Lipinski definition) is 2. The van der Waals surface area contributed by atoms with Gasteiger partial charge in [0.1, 0.15) is 11.7 Å². The summed E-state index contributed by atoms with van der Waals surface area (Å²) in [5.74, 6) is -1.72. The first-order chi connectivity index (χ1) is 9.23. The molecule has 0 spiro atoms. The number of carboxylic acids is 1. The average molecular weight is 340 g/mol. The maximum absolute atomic E-state index is 12.0. The molecule has 1 amide bonds. The summed E-state index contributed by atoms with van der Waals surface area (Å²) < 4.78 is 0. The van der Waals surface area contributed by atoms with Gasteiger partial charge in [0.2, 0.25) is 0 Å². The van der Waals surface area contributed by atoms with Crippen LogP contribution in [0.1, 0.15) is 30.8 Å². The van der Waals surface area contributed by atoms with E-state index in [1.807, 2.05) is 13.8 Å². The second-order valence-corrected chi connectivity index (χ2v) is 5.74. The molecule has 5 nitrogen and oxygen atoms in total. The zero-order valence-electron chi connectivity index (χ0n) is 10.8. The van der Waals surface area contributed by atoms with E-state index in [1.54, 1.807) is 0 Å². The molecule has 1 aromatic heterocycles. The predicted molar refractivity (Wildman–Crippen MR) is 77.6 cm³/mol. The summed E-state index contributed by atoms with van der Waals surface area (Å²) in [7, 11) is 0. The van der Waals surface area contributed by atoms with Crippen molar-refractivity contribution in [2.24, 2.45) is 5.92 Å². The lowest BCUT2D eigenvalue weighted by molar-refractivity contribution is -0.139. The molecule has 0 aliphatic rings. The molecule has 0 unspecified atom stereocenters. The van der Waals surface area contributed by atoms with Gasteiger partial charge in [-0.1, -0.05) is 48.7 Å². The molecule has 1 aromatic rings. The third-order valence-corrected chi connectivity index (χ3v) is 3.68. The van der Waals surface area contributed by atoms with Crippen LogP contribution in [0.3, 0.4) is 0 Å². The fourth-order valence-corrected chi connectivity index (χ4v) is 2.09. The summed E-state index contributed by atoms with van der Waals surface area (Å²) in [5, 5.41) is 11.4. The molecule has 0 fully saturated rings. The minimum atomic E-state index is -1.12. The molecule has 0 aliphatic heterocycles. The molecule has 2 N–H and O–H groups in total. The number of carbonyl (C=O) groups is 2. The highest BCUT2D eigenvalue weighted by Gasteiger charge is 2.24. The fraction of sp³-hybridized carbons (Fsp3) is 0.417. The molecule has 0 saturated carbocycles. The first-order valence-electron chi connectivity index (χ1n) is 5.77. The molecule has 0 aliphatic carbocycles. The van der Waals surface area contributed by atoms with Crippen molar-refractivity contribution in [2.45, 2.75) is 26.3 Å². The van der Waals surface area contributed by atoms with E-state index < -0.39 is 17.9 Å². The van der Waals surface area contributed by atoms with E-state index in [1.165, 1.54) is 6.20 Å². The van der Waals surface area contributed by atoms with Crippen LogP contribution in [0.25, 0.3) is 0 Å². The summed E-state index contributed by atoms with van der Waals surface area (Å²) in [5.41, 5.74) is -0.156. The summed E-state index contributed by atoms with van der Waals surface area (Å²) in [6.45, 7) is 3.71. The number of hydrogen-bond acceptors (Lipinski definition) is 3. The standard InChI is InChI=1S/C12H13Cl3N2O3/c1-5(2)3-7(12(19)20)17-11(18)10-9(15)8(14)6(13)4-16-10/h4-5,7H,3H2,1-2H3,(H,17,18)(H,19,20)/t7-/m1/s1. The number of aromatic nitrogens is 1. The van der Waals surface area contributed by atoms with Gasteiger partial charge in [0.05, 0.1) is 15.1 Å². The molecule has 110 valence electrons. The van der Waals surface area contributed by atoms with Gasteiger partial charge in [-0.15, -0.1) is 0 Å². The number of aliphatic carboxylic acids is 1. The highest BCUT2D eigenvalue weighted by atomic mass is 35.5. The minimum absolute atomic E-state index is 0.00391. The summed E-state index contributed by atoms with van der Waals surface area (Å²) in [4.78, 5) is 26.9. The van der Waals surface area contributed by atoms with Crippen molar-refractivity contribution in [3.8, 4) is 0 Å². The first kappa shape index (κ1) is 17.0. The molecule has 0 saturated heterocycles. The van der Waals surface area contributed by atoms with Gasteiger partial charge in [-0.05, 0) is 12.3 Å². The Bertz CT molecular complexity index is 535. The Labute approximate surface area is 131 Å². The van der Waals surface area contributed by atoms with Gasteiger partial charge in [0.25, 0.3) is 5.91 Å². The minimum Gasteiger partial charge on any atom is -0.480 e. The number of nitrogens with zero attached hydrogens (tertiary/aromatic N) is 1. The molecule has 0 bridgehead atoms. The van der Waals surface area contributed by atoms with E-state index >= 15 is 0 Å². The van der Waals surface area contributed by atoms with Gasteiger partial charge < -0.3 is 10.4 Å². The van der Waals surface area contributed by atoms with E-state index in [9.17, 15) is 9.59 Å². The smallest absolute Gasteiger partial charge is 0.326 e. The molecule has 1 heterocycles. The van der Waals surface area contributed by atoms with E-state index in [0.717, 1.165) is 0 Å². The van der Waals surface area contributed by atoms with Crippen LogP contribution in [0.15, 0.2) is 6.20 Å². The Morgan fingerprint density at radius 2 is 1.90 bits per heavy atom. The highest BCUT2D eigenvalue weighted by Crippen LogP contribution is 2.31. The van der Waals surface area contributed by atoms with Gasteiger partial charge in [-0.2, -0.15) is 0 Å². The summed E-state index contributed by atoms with van der Waals surface area (Å²) >= 11 is 17.4. The van der Waals surface area contributed by atoms with Crippen LogP contribution in [0.2, 0.25) is 15.1 Å². The normalized spacial score (nSPS) is 12.3. The molecule has 1 rings (SSSR count). The van der Waals surface area contributed by atoms with Crippen molar-refractivity contribution in [3.05, 3.63) is 27.0 Å². The number of pyridine rings is 1. The number of rotatable bonds is 5. The van der Waals surface area contributed by atoms with Crippen molar-refractivity contribution in [2.75, 3.05) is 0 Å². The monoisotopic (exact) mass is 338 g/mol. The number of nitrogens with one attached hydrogen (secondary N) is 1. The van der Waals surface area contributed by atoms with Crippen LogP contribution >= 0.6 is 34.8 Å². The zero-order valence-corrected chi connectivity index (χ0v) is 13.1. The van der Waals surface area contributed by atoms with Crippen LogP contribution in [0.5, 0.6) is 0 Å². The molecular formula is C12H13Cl3N2O3. The van der Waals surface area contributed by atoms with Crippen LogP contribution in [-0.4, -0.2) is 28.0 Å². The Kier molecular flexibility index (Phi) is 6.05. The molecule has 8 heteroatoms. The second kappa shape index (κ2) is 7.11. The number of halogens is 3. The van der Waals surface area contributed by atoms with Gasteiger partial charge in [-0.25, -0.2) is 9.78 Å². The van der Waals surface area contributed by atoms with Crippen LogP contribution in [-0.2, 0) is 4.79 Å². The van der Waals surface area contributed by atoms with Crippen LogP contribution in [0, 0.1) is 5.92 Å². The van der Waals surface area contributed by atoms with E-state index in [2.05, 4.69) is 10.3 Å². The van der Waals surface area contributed by atoms with Crippen molar-refractivity contribution in [3.63, 3.8) is 0 Å². The van der Waals surface area contributed by atoms with E-state index in [-0.39, 0.29) is 26.7 Å². The molecule has 0 radical (unpaired) electrons. The van der Waals surface area contributed by atoms with Crippen molar-refractivity contribution in [1.82, 2.24) is 10.3 Å². The average Bonchev–Trinajstić information content (AvgIpc) is 2.34. The SMILES string of the molecule is CC(C)C[C@@H](NC(=O)c1ncc(Cl)c(Cl)c1Cl)C(=O)O. The lowest BCUT2D eigenvalue weighted by atomic mass is 10.0. The number of carbonyl (C=O) groups excluding carboxylic acids is 1. The van der Waals surface area contributed by atoms with Gasteiger partial charge in [-0.3, -0.25) is 4.79 Å². The summed E-state index contributed by atoms with van der Waals surface area (Å²) in [6.07, 6.45) is 1.48. The quantitative estimate of drug-likeness (QED) is 0.863. The molecule has 1 atom stereocenters. The largest absolute Gasteiger partial charge is 0.480 e. The van der Waals surface area contributed by atoms with Gasteiger partial charge in [0.15, 0.2) is 0 Å². The van der Waals surface area contributed by atoms with Crippen molar-refractivity contribution >= 4 is 46.7 Å². The lowest BCUT2D eigenvalue weighted by Crippen LogP contribution is -2.42. The zero-order chi connectivity index (χ0) is 15.4. The van der Waals surface area contributed by atoms with Gasteiger partial charge in [0, 0.05) is 6.20 Å². The van der Waals surface area contributed by atoms with E-state index in [0.29, 0.717) is 6.42 Å². The maximum Gasteiger partial charge on any atom is 0.326 e. The van der Waals surface area contributed by atoms with Crippen LogP contribution in [0.4, 0.5) is 0 Å². The Morgan fingerprint density at radius 3 is 2.40 bits per heavy atom. The Hall–Kier alpha value is -1.04. The predicted octanol–water partition coefficient (Wildman–Crippen LogP) is 3.27. The molecule has 0 aromatic carbocycles. The molecular weight excluding hydrogens is 327 g/mol. The Morgan fingerprint density at radius 1 is 1.30 bits per heavy atom. The first-order valence-corrected chi connectivity index (χ1v) is 6.90. The fourth-order valence-electron chi connectivity index (χ4n) is 1.52. The van der Waals surface area contributed by atoms with Crippen molar-refractivity contribution in [1.29, 1.82) is 0 Å². The van der Waals surface area contributed by atoms with Crippen LogP contribution < -0.4 is 5.32 Å². The topological polar surface area (TPSA) is 79.3 Å². The third-order valence-electron chi connectivity index (χ3n) is 2.44. The highest BCUT2D eigenvalue weighted by molar-refractivity contribution is 6.48. The van der Waals surface area contributed by atoms with Crippen molar-refractivity contribution < 1.29 is 14.7 Å². The van der Waals surface area contributed by atoms with Gasteiger partial charge >= 0.3 is 5.97 Å². The molecule has 20 heavy (non-hydrogen) atoms. The lowest BCUT2D eigenvalue weighted by Gasteiger charge is -2.16. The maximum atomic E-state index is 12.0. The number of amides is 1. The Balaban J connectivity index is 2.95.